The van der Waals surface area contributed by atoms with E-state index >= 15 is 0 Å². The number of anilines is 5. The van der Waals surface area contributed by atoms with Crippen LogP contribution in [0.3, 0.4) is 0 Å². The predicted molar refractivity (Wildman–Crippen MR) is 150 cm³/mol. The first-order chi connectivity index (χ1) is 18.2. The first-order valence-electron chi connectivity index (χ1n) is 12.3. The van der Waals surface area contributed by atoms with Crippen molar-refractivity contribution in [1.82, 2.24) is 14.9 Å². The van der Waals surface area contributed by atoms with E-state index in [4.69, 9.17) is 16.3 Å². The monoisotopic (exact) mass is 558 g/mol. The summed E-state index contributed by atoms with van der Waals surface area (Å²) in [6, 6.07) is 11.7. The molecule has 1 aromatic heterocycles. The number of likely N-dealkylation sites (tertiary alicyclic amines) is 1. The molecule has 38 heavy (non-hydrogen) atoms. The second-order valence-electron chi connectivity index (χ2n) is 9.12. The number of hydrogen-bond donors (Lipinski definition) is 3. The number of rotatable bonds is 8. The van der Waals surface area contributed by atoms with Gasteiger partial charge in [0.15, 0.2) is 15.7 Å². The molecule has 202 valence electrons. The molecule has 2 heterocycles. The quantitative estimate of drug-likeness (QED) is 0.315. The maximum absolute atomic E-state index is 12.8. The molecular weight excluding hydrogens is 528 g/mol. The molecule has 3 aromatic rings. The van der Waals surface area contributed by atoms with E-state index in [2.05, 4.69) is 25.9 Å². The molecule has 1 aliphatic heterocycles. The van der Waals surface area contributed by atoms with Gasteiger partial charge in [0.1, 0.15) is 10.8 Å². The standard InChI is InChI=1S/C26H31ClN6O4S/c1-17(2)38(35,36)23-10-6-5-9-21(23)30-24-19(27)16-28-25(32-24)31-20-12-11-18(15-22(20)37-3)29-26(34)33-13-7-4-8-14-33/h5-6,9-12,15-17H,4,7-8,13-14H2,1-3H3,(H,29,34)(H2,28,30,31,32). The number of hydrogen-bond acceptors (Lipinski definition) is 8. The van der Waals surface area contributed by atoms with Gasteiger partial charge in [-0.05, 0) is 57.4 Å². The summed E-state index contributed by atoms with van der Waals surface area (Å²) >= 11 is 6.34. The Hall–Kier alpha value is -3.57. The molecular formula is C26H31ClN6O4S. The van der Waals surface area contributed by atoms with E-state index in [0.29, 0.717) is 22.8 Å². The third-order valence-electron chi connectivity index (χ3n) is 6.15. The fraction of sp³-hybridized carbons (Fsp3) is 0.346. The second kappa shape index (κ2) is 11.9. The number of piperidine rings is 1. The number of benzene rings is 2. The van der Waals surface area contributed by atoms with Crippen molar-refractivity contribution in [2.75, 3.05) is 36.1 Å². The third-order valence-corrected chi connectivity index (χ3v) is 8.64. The van der Waals surface area contributed by atoms with Crippen LogP contribution in [0.4, 0.5) is 33.6 Å². The minimum atomic E-state index is -3.54. The molecule has 0 unspecified atom stereocenters. The third kappa shape index (κ3) is 6.28. The number of para-hydroxylation sites is 1. The summed E-state index contributed by atoms with van der Waals surface area (Å²) in [5, 5.41) is 8.67. The van der Waals surface area contributed by atoms with Crippen molar-refractivity contribution in [3.63, 3.8) is 0 Å². The number of nitrogens with one attached hydrogen (secondary N) is 3. The predicted octanol–water partition coefficient (Wildman–Crippen LogP) is 5.83. The summed E-state index contributed by atoms with van der Waals surface area (Å²) in [4.78, 5) is 23.2. The zero-order chi connectivity index (χ0) is 27.3. The number of aromatic nitrogens is 2. The second-order valence-corrected chi connectivity index (χ2v) is 12.0. The molecule has 2 aromatic carbocycles. The Kier molecular flexibility index (Phi) is 8.58. The summed E-state index contributed by atoms with van der Waals surface area (Å²) in [6.07, 6.45) is 4.58. The van der Waals surface area contributed by atoms with E-state index in [1.54, 1.807) is 56.3 Å². The summed E-state index contributed by atoms with van der Waals surface area (Å²) in [5.41, 5.74) is 1.53. The number of halogens is 1. The van der Waals surface area contributed by atoms with Crippen molar-refractivity contribution in [1.29, 1.82) is 0 Å². The summed E-state index contributed by atoms with van der Waals surface area (Å²) in [7, 11) is -2.02. The lowest BCUT2D eigenvalue weighted by Gasteiger charge is -2.27. The van der Waals surface area contributed by atoms with Crippen LogP contribution in [0.15, 0.2) is 53.6 Å². The zero-order valence-corrected chi connectivity index (χ0v) is 23.1. The normalized spacial score (nSPS) is 13.8. The van der Waals surface area contributed by atoms with Gasteiger partial charge in [-0.3, -0.25) is 0 Å². The maximum Gasteiger partial charge on any atom is 0.321 e. The molecule has 0 bridgehead atoms. The number of ether oxygens (including phenoxy) is 1. The van der Waals surface area contributed by atoms with E-state index in [0.717, 1.165) is 32.4 Å². The van der Waals surface area contributed by atoms with Crippen LogP contribution < -0.4 is 20.7 Å². The van der Waals surface area contributed by atoms with Crippen molar-refractivity contribution in [3.8, 4) is 5.75 Å². The highest BCUT2D eigenvalue weighted by Gasteiger charge is 2.23. The molecule has 3 N–H and O–H groups in total. The van der Waals surface area contributed by atoms with Gasteiger partial charge < -0.3 is 25.6 Å². The lowest BCUT2D eigenvalue weighted by molar-refractivity contribution is 0.200. The molecule has 12 heteroatoms. The molecule has 10 nitrogen and oxygen atoms in total. The van der Waals surface area contributed by atoms with Gasteiger partial charge in [0.25, 0.3) is 0 Å². The van der Waals surface area contributed by atoms with E-state index in [9.17, 15) is 13.2 Å². The van der Waals surface area contributed by atoms with Crippen LogP contribution in [0.1, 0.15) is 33.1 Å². The highest BCUT2D eigenvalue weighted by molar-refractivity contribution is 7.92. The van der Waals surface area contributed by atoms with Gasteiger partial charge in [0.05, 0.1) is 34.8 Å². The van der Waals surface area contributed by atoms with Gasteiger partial charge in [-0.15, -0.1) is 0 Å². The topological polar surface area (TPSA) is 126 Å². The van der Waals surface area contributed by atoms with Crippen LogP contribution in [0.5, 0.6) is 5.75 Å². The molecule has 1 saturated heterocycles. The lowest BCUT2D eigenvalue weighted by atomic mass is 10.1. The molecule has 0 spiro atoms. The highest BCUT2D eigenvalue weighted by Crippen LogP contribution is 2.33. The van der Waals surface area contributed by atoms with Crippen molar-refractivity contribution in [2.45, 2.75) is 43.3 Å². The van der Waals surface area contributed by atoms with Crippen molar-refractivity contribution >= 4 is 56.3 Å². The van der Waals surface area contributed by atoms with Crippen LogP contribution >= 0.6 is 11.6 Å². The van der Waals surface area contributed by atoms with Gasteiger partial charge in [0.2, 0.25) is 5.95 Å². The van der Waals surface area contributed by atoms with E-state index in [1.807, 2.05) is 4.90 Å². The van der Waals surface area contributed by atoms with Gasteiger partial charge in [-0.2, -0.15) is 4.98 Å². The zero-order valence-electron chi connectivity index (χ0n) is 21.5. The van der Waals surface area contributed by atoms with Crippen molar-refractivity contribution in [3.05, 3.63) is 53.7 Å². The van der Waals surface area contributed by atoms with Crippen LogP contribution in [0, 0.1) is 0 Å². The summed E-state index contributed by atoms with van der Waals surface area (Å²) in [6.45, 7) is 4.76. The number of methoxy groups -OCH3 is 1. The van der Waals surface area contributed by atoms with Crippen LogP contribution in [0.2, 0.25) is 5.02 Å². The van der Waals surface area contributed by atoms with E-state index < -0.39 is 15.1 Å². The molecule has 4 rings (SSSR count). The smallest absolute Gasteiger partial charge is 0.321 e. The lowest BCUT2D eigenvalue weighted by Crippen LogP contribution is -2.38. The molecule has 0 atom stereocenters. The molecule has 1 fully saturated rings. The van der Waals surface area contributed by atoms with E-state index in [-0.39, 0.29) is 27.7 Å². The largest absolute Gasteiger partial charge is 0.494 e. The van der Waals surface area contributed by atoms with Crippen LogP contribution in [-0.4, -0.2) is 54.8 Å². The summed E-state index contributed by atoms with van der Waals surface area (Å²) in [5.74, 6) is 0.923. The Labute approximate surface area is 227 Å². The first kappa shape index (κ1) is 27.5. The van der Waals surface area contributed by atoms with Crippen LogP contribution in [0.25, 0.3) is 0 Å². The number of urea groups is 1. The molecule has 1 aliphatic rings. The fourth-order valence-corrected chi connectivity index (χ4v) is 5.35. The molecule has 0 saturated carbocycles. The SMILES string of the molecule is COc1cc(NC(=O)N2CCCCC2)ccc1Nc1ncc(Cl)c(Nc2ccccc2S(=O)(=O)C(C)C)n1. The number of sulfone groups is 1. The molecule has 0 radical (unpaired) electrons. The Bertz CT molecular complexity index is 1410. The molecule has 2 amide bonds. The Morgan fingerprint density at radius 1 is 1.05 bits per heavy atom. The highest BCUT2D eigenvalue weighted by atomic mass is 35.5. The van der Waals surface area contributed by atoms with Gasteiger partial charge in [0, 0.05) is 24.8 Å². The number of nitrogens with zero attached hydrogens (tertiary/aromatic N) is 3. The summed E-state index contributed by atoms with van der Waals surface area (Å²) < 4.78 is 31.2. The number of amides is 2. The number of carbonyl (C=O) groups is 1. The Balaban J connectivity index is 1.54. The van der Waals surface area contributed by atoms with Crippen molar-refractivity contribution < 1.29 is 17.9 Å². The molecule has 0 aliphatic carbocycles. The van der Waals surface area contributed by atoms with Crippen molar-refractivity contribution in [2.24, 2.45) is 0 Å². The first-order valence-corrected chi connectivity index (χ1v) is 14.2. The average molecular weight is 559 g/mol. The van der Waals surface area contributed by atoms with Gasteiger partial charge in [-0.1, -0.05) is 23.7 Å². The fourth-order valence-electron chi connectivity index (χ4n) is 4.01. The van der Waals surface area contributed by atoms with Gasteiger partial charge in [-0.25, -0.2) is 18.2 Å². The average Bonchev–Trinajstić information content (AvgIpc) is 2.92. The maximum atomic E-state index is 12.8. The van der Waals surface area contributed by atoms with E-state index in [1.165, 1.54) is 13.3 Å². The van der Waals surface area contributed by atoms with Gasteiger partial charge >= 0.3 is 6.03 Å². The van der Waals surface area contributed by atoms with Crippen LogP contribution in [-0.2, 0) is 9.84 Å². The Morgan fingerprint density at radius 3 is 2.50 bits per heavy atom. The minimum Gasteiger partial charge on any atom is -0.494 e. The number of carbonyl (C=O) groups excluding carboxylic acids is 1. The Morgan fingerprint density at radius 2 is 1.79 bits per heavy atom. The minimum absolute atomic E-state index is 0.135.